The van der Waals surface area contributed by atoms with Gasteiger partial charge in [0.25, 0.3) is 0 Å². The molecule has 1 saturated heterocycles. The lowest BCUT2D eigenvalue weighted by molar-refractivity contribution is 0.160. The summed E-state index contributed by atoms with van der Waals surface area (Å²) in [4.78, 5) is 26.7. The molecule has 0 spiro atoms. The topological polar surface area (TPSA) is 103 Å². The molecule has 2 aromatic carbocycles. The number of urea groups is 1. The van der Waals surface area contributed by atoms with Crippen molar-refractivity contribution in [2.75, 3.05) is 19.6 Å². The van der Waals surface area contributed by atoms with Gasteiger partial charge in [-0.3, -0.25) is 15.0 Å². The van der Waals surface area contributed by atoms with E-state index in [0.29, 0.717) is 19.0 Å². The molecule has 2 N–H and O–H groups in total. The van der Waals surface area contributed by atoms with Gasteiger partial charge in [-0.2, -0.15) is 5.10 Å². The van der Waals surface area contributed by atoms with E-state index in [1.165, 1.54) is 10.9 Å². The second kappa shape index (κ2) is 9.81. The van der Waals surface area contributed by atoms with Crippen LogP contribution in [0.4, 0.5) is 4.79 Å². The van der Waals surface area contributed by atoms with Gasteiger partial charge in [-0.05, 0) is 55.3 Å². The fourth-order valence-corrected chi connectivity index (χ4v) is 6.03. The number of oxazole rings is 1. The molecule has 0 aliphatic carbocycles. The van der Waals surface area contributed by atoms with Crippen molar-refractivity contribution in [1.29, 1.82) is 0 Å². The number of hydrogen-bond donors (Lipinski definition) is 2. The Bertz CT molecular complexity index is 1670. The van der Waals surface area contributed by atoms with Crippen LogP contribution in [0.25, 0.3) is 33.3 Å². The molecule has 39 heavy (non-hydrogen) atoms. The number of pyridine rings is 1. The smallest absolute Gasteiger partial charge is 0.317 e. The molecule has 0 unspecified atom stereocenters. The number of fused-ring (bicyclic) bond motifs is 3. The number of likely N-dealkylation sites (tertiary alicyclic amines) is 1. The molecule has 2 aliphatic rings. The van der Waals surface area contributed by atoms with Crippen LogP contribution in [0.3, 0.4) is 0 Å². The van der Waals surface area contributed by atoms with E-state index in [2.05, 4.69) is 54.6 Å². The van der Waals surface area contributed by atoms with Crippen LogP contribution < -0.4 is 5.32 Å². The van der Waals surface area contributed by atoms with Crippen LogP contribution in [-0.2, 0) is 19.5 Å². The van der Waals surface area contributed by atoms with Crippen molar-refractivity contribution >= 4 is 28.0 Å². The molecule has 3 aromatic heterocycles. The number of piperidine rings is 1. The maximum atomic E-state index is 13.4. The van der Waals surface area contributed by atoms with E-state index in [4.69, 9.17) is 4.42 Å². The highest BCUT2D eigenvalue weighted by Crippen LogP contribution is 2.31. The summed E-state index contributed by atoms with van der Waals surface area (Å²) in [6, 6.07) is 16.5. The molecule has 2 aliphatic heterocycles. The van der Waals surface area contributed by atoms with Crippen molar-refractivity contribution < 1.29 is 9.21 Å². The van der Waals surface area contributed by atoms with Gasteiger partial charge in [0.1, 0.15) is 5.52 Å². The van der Waals surface area contributed by atoms with Crippen LogP contribution in [0.5, 0.6) is 0 Å². The number of benzene rings is 2. The zero-order valence-corrected chi connectivity index (χ0v) is 22.0. The normalized spacial score (nSPS) is 18.0. The van der Waals surface area contributed by atoms with Crippen LogP contribution in [0.1, 0.15) is 35.6 Å². The number of nitrogens with zero attached hydrogens (tertiary/aromatic N) is 5. The molecule has 5 aromatic rings. The molecular formula is C30H31N7O2. The van der Waals surface area contributed by atoms with Crippen LogP contribution in [-0.4, -0.2) is 61.7 Å². The van der Waals surface area contributed by atoms with E-state index in [9.17, 15) is 4.79 Å². The van der Waals surface area contributed by atoms with Gasteiger partial charge in [0, 0.05) is 67.4 Å². The number of aryl methyl sites for hydroxylation is 1. The van der Waals surface area contributed by atoms with E-state index in [1.807, 2.05) is 42.3 Å². The molecule has 7 rings (SSSR count). The van der Waals surface area contributed by atoms with Gasteiger partial charge < -0.3 is 14.6 Å². The number of aromatic amines is 1. The predicted molar refractivity (Wildman–Crippen MR) is 149 cm³/mol. The lowest BCUT2D eigenvalue weighted by atomic mass is 10.0. The third-order valence-corrected chi connectivity index (χ3v) is 7.95. The summed E-state index contributed by atoms with van der Waals surface area (Å²) in [6.07, 6.45) is 4.65. The molecule has 9 nitrogen and oxygen atoms in total. The first-order valence-electron chi connectivity index (χ1n) is 13.6. The Kier molecular flexibility index (Phi) is 6.00. The van der Waals surface area contributed by atoms with Crippen LogP contribution >= 0.6 is 0 Å². The Balaban J connectivity index is 1.03. The Morgan fingerprint density at radius 3 is 3.05 bits per heavy atom. The quantitative estimate of drug-likeness (QED) is 0.352. The molecule has 0 saturated carbocycles. The highest BCUT2D eigenvalue weighted by atomic mass is 16.3. The lowest BCUT2D eigenvalue weighted by Gasteiger charge is -2.35. The summed E-state index contributed by atoms with van der Waals surface area (Å²) in [5.74, 6) is 0.643. The van der Waals surface area contributed by atoms with Crippen molar-refractivity contribution in [2.24, 2.45) is 0 Å². The van der Waals surface area contributed by atoms with Gasteiger partial charge in [0.2, 0.25) is 0 Å². The standard InChI is InChI=1S/C30H31N7O2/c1-19-32-27-15-20(9-10-28(27)39-19)29-24-18-37(14-11-26(24)34-35-29)30(38)33-22-6-4-13-36(17-22)16-21-5-2-8-25-23(21)7-3-12-31-25/h2-3,5,7-10,12,15,22H,4,6,11,13-14,16-18H2,1H3,(H,33,38)(H,34,35)/t22-/m1/s1. The van der Waals surface area contributed by atoms with E-state index in [1.54, 1.807) is 0 Å². The van der Waals surface area contributed by atoms with Gasteiger partial charge >= 0.3 is 6.03 Å². The number of nitrogens with one attached hydrogen (secondary N) is 2. The summed E-state index contributed by atoms with van der Waals surface area (Å²) in [5.41, 5.74) is 7.90. The van der Waals surface area contributed by atoms with Crippen LogP contribution in [0.15, 0.2) is 59.1 Å². The van der Waals surface area contributed by atoms with Gasteiger partial charge in [-0.1, -0.05) is 18.2 Å². The average Bonchev–Trinajstić information content (AvgIpc) is 3.55. The van der Waals surface area contributed by atoms with Gasteiger partial charge in [-0.25, -0.2) is 9.78 Å². The third-order valence-electron chi connectivity index (χ3n) is 7.95. The molecule has 0 radical (unpaired) electrons. The minimum absolute atomic E-state index is 0.00316. The third kappa shape index (κ3) is 4.63. The Morgan fingerprint density at radius 2 is 2.10 bits per heavy atom. The number of amides is 2. The maximum absolute atomic E-state index is 13.4. The second-order valence-corrected chi connectivity index (χ2v) is 10.6. The molecule has 1 atom stereocenters. The SMILES string of the molecule is Cc1nc2cc(-c3n[nH]c4c3CN(C(=O)N[C@@H]3CCCN(Cc5cccc6ncccc56)C3)CC4)ccc2o1. The first-order valence-corrected chi connectivity index (χ1v) is 13.6. The largest absolute Gasteiger partial charge is 0.441 e. The fraction of sp³-hybridized carbons (Fsp3) is 0.333. The lowest BCUT2D eigenvalue weighted by Crippen LogP contribution is -2.52. The number of rotatable bonds is 4. The first-order chi connectivity index (χ1) is 19.1. The Labute approximate surface area is 226 Å². The molecule has 5 heterocycles. The fourth-order valence-electron chi connectivity index (χ4n) is 6.03. The Hall–Kier alpha value is -4.24. The summed E-state index contributed by atoms with van der Waals surface area (Å²) in [5, 5.41) is 12.3. The summed E-state index contributed by atoms with van der Waals surface area (Å²) < 4.78 is 5.63. The summed E-state index contributed by atoms with van der Waals surface area (Å²) in [6.45, 7) is 5.78. The average molecular weight is 522 g/mol. The predicted octanol–water partition coefficient (Wildman–Crippen LogP) is 4.81. The van der Waals surface area contributed by atoms with Crippen LogP contribution in [0.2, 0.25) is 0 Å². The minimum atomic E-state index is -0.00316. The number of H-pyrrole nitrogens is 1. The molecule has 0 bridgehead atoms. The van der Waals surface area contributed by atoms with E-state index in [-0.39, 0.29) is 12.1 Å². The van der Waals surface area contributed by atoms with Crippen molar-refractivity contribution in [3.63, 3.8) is 0 Å². The zero-order valence-electron chi connectivity index (χ0n) is 22.0. The van der Waals surface area contributed by atoms with Crippen molar-refractivity contribution in [1.82, 2.24) is 35.3 Å². The summed E-state index contributed by atoms with van der Waals surface area (Å²) >= 11 is 0. The second-order valence-electron chi connectivity index (χ2n) is 10.6. The van der Waals surface area contributed by atoms with Crippen molar-refractivity contribution in [3.05, 3.63) is 77.4 Å². The van der Waals surface area contributed by atoms with Gasteiger partial charge in [0.05, 0.1) is 17.8 Å². The van der Waals surface area contributed by atoms with E-state index in [0.717, 1.165) is 78.0 Å². The van der Waals surface area contributed by atoms with Crippen LogP contribution in [0, 0.1) is 6.92 Å². The number of carbonyl (C=O) groups is 1. The number of carbonyl (C=O) groups excluding carboxylic acids is 1. The molecule has 198 valence electrons. The van der Waals surface area contributed by atoms with Gasteiger partial charge in [0.15, 0.2) is 11.5 Å². The minimum Gasteiger partial charge on any atom is -0.441 e. The highest BCUT2D eigenvalue weighted by Gasteiger charge is 2.29. The molecule has 2 amide bonds. The Morgan fingerprint density at radius 1 is 1.15 bits per heavy atom. The molecule has 1 fully saturated rings. The zero-order chi connectivity index (χ0) is 26.3. The molecule has 9 heteroatoms. The summed E-state index contributed by atoms with van der Waals surface area (Å²) in [7, 11) is 0. The first kappa shape index (κ1) is 23.8. The molecular weight excluding hydrogens is 490 g/mol. The van der Waals surface area contributed by atoms with Crippen molar-refractivity contribution in [3.8, 4) is 11.3 Å². The van der Waals surface area contributed by atoms with E-state index < -0.39 is 0 Å². The highest BCUT2D eigenvalue weighted by molar-refractivity contribution is 5.82. The number of aromatic nitrogens is 4. The monoisotopic (exact) mass is 521 g/mol. The van der Waals surface area contributed by atoms with E-state index >= 15 is 0 Å². The van der Waals surface area contributed by atoms with Gasteiger partial charge in [-0.15, -0.1) is 0 Å². The van der Waals surface area contributed by atoms with Crippen molar-refractivity contribution in [2.45, 2.75) is 45.3 Å². The maximum Gasteiger partial charge on any atom is 0.317 e. The number of hydrogen-bond acceptors (Lipinski definition) is 6.